The SMILES string of the molecule is CC1CNCC1CNC1C(C)(C)C1(C)C. The van der Waals surface area contributed by atoms with Crippen molar-refractivity contribution in [3.63, 3.8) is 0 Å². The zero-order chi connectivity index (χ0) is 11.3. The molecule has 0 amide bonds. The summed E-state index contributed by atoms with van der Waals surface area (Å²) in [6, 6.07) is 0.706. The van der Waals surface area contributed by atoms with E-state index in [-0.39, 0.29) is 0 Å². The first-order chi connectivity index (χ1) is 6.87. The van der Waals surface area contributed by atoms with Gasteiger partial charge in [-0.05, 0) is 42.3 Å². The molecule has 0 radical (unpaired) electrons. The number of hydrogen-bond donors (Lipinski definition) is 2. The molecule has 1 saturated carbocycles. The summed E-state index contributed by atoms with van der Waals surface area (Å²) in [6.45, 7) is 15.4. The Bertz CT molecular complexity index is 231. The van der Waals surface area contributed by atoms with Crippen molar-refractivity contribution in [1.82, 2.24) is 10.6 Å². The molecule has 2 nitrogen and oxygen atoms in total. The van der Waals surface area contributed by atoms with Crippen LogP contribution >= 0.6 is 0 Å². The van der Waals surface area contributed by atoms with Crippen LogP contribution in [-0.2, 0) is 0 Å². The van der Waals surface area contributed by atoms with Gasteiger partial charge >= 0.3 is 0 Å². The molecule has 2 unspecified atom stereocenters. The fourth-order valence-corrected chi connectivity index (χ4v) is 3.11. The Kier molecular flexibility index (Phi) is 2.63. The average molecular weight is 210 g/mol. The van der Waals surface area contributed by atoms with Crippen molar-refractivity contribution >= 4 is 0 Å². The zero-order valence-corrected chi connectivity index (χ0v) is 10.9. The lowest BCUT2D eigenvalue weighted by Crippen LogP contribution is -2.31. The minimum Gasteiger partial charge on any atom is -0.316 e. The van der Waals surface area contributed by atoms with E-state index in [2.05, 4.69) is 45.3 Å². The summed E-state index contributed by atoms with van der Waals surface area (Å²) in [6.07, 6.45) is 0. The molecule has 0 spiro atoms. The van der Waals surface area contributed by atoms with Gasteiger partial charge in [0.15, 0.2) is 0 Å². The first kappa shape index (κ1) is 11.4. The minimum atomic E-state index is 0.474. The van der Waals surface area contributed by atoms with Crippen LogP contribution in [0.2, 0.25) is 0 Å². The summed E-state index contributed by atoms with van der Waals surface area (Å²) in [7, 11) is 0. The first-order valence-corrected chi connectivity index (χ1v) is 6.31. The van der Waals surface area contributed by atoms with E-state index in [1.54, 1.807) is 0 Å². The van der Waals surface area contributed by atoms with Crippen LogP contribution in [0.1, 0.15) is 34.6 Å². The Morgan fingerprint density at radius 3 is 2.13 bits per heavy atom. The van der Waals surface area contributed by atoms with Gasteiger partial charge in [0, 0.05) is 6.04 Å². The molecular weight excluding hydrogens is 184 g/mol. The summed E-state index contributed by atoms with van der Waals surface area (Å²) in [4.78, 5) is 0. The van der Waals surface area contributed by atoms with Crippen LogP contribution in [0.15, 0.2) is 0 Å². The van der Waals surface area contributed by atoms with Gasteiger partial charge in [0.2, 0.25) is 0 Å². The van der Waals surface area contributed by atoms with Crippen LogP contribution in [-0.4, -0.2) is 25.7 Å². The van der Waals surface area contributed by atoms with Crippen LogP contribution in [0, 0.1) is 22.7 Å². The molecule has 15 heavy (non-hydrogen) atoms. The van der Waals surface area contributed by atoms with E-state index in [0.29, 0.717) is 16.9 Å². The maximum atomic E-state index is 3.77. The number of rotatable bonds is 3. The van der Waals surface area contributed by atoms with Crippen LogP contribution in [0.4, 0.5) is 0 Å². The third-order valence-electron chi connectivity index (χ3n) is 5.28. The van der Waals surface area contributed by atoms with E-state index in [1.807, 2.05) is 0 Å². The van der Waals surface area contributed by atoms with Crippen molar-refractivity contribution in [2.45, 2.75) is 40.7 Å². The second kappa shape index (κ2) is 3.46. The van der Waals surface area contributed by atoms with Crippen molar-refractivity contribution in [3.8, 4) is 0 Å². The molecule has 2 atom stereocenters. The van der Waals surface area contributed by atoms with E-state index in [1.165, 1.54) is 19.6 Å². The highest BCUT2D eigenvalue weighted by Crippen LogP contribution is 2.62. The molecule has 1 aliphatic heterocycles. The van der Waals surface area contributed by atoms with Gasteiger partial charge in [0.25, 0.3) is 0 Å². The maximum absolute atomic E-state index is 3.77. The maximum Gasteiger partial charge on any atom is 0.0181 e. The highest BCUT2D eigenvalue weighted by atomic mass is 15.1. The molecule has 1 saturated heterocycles. The molecule has 0 aromatic carbocycles. The molecule has 0 bridgehead atoms. The molecule has 2 N–H and O–H groups in total. The van der Waals surface area contributed by atoms with Crippen molar-refractivity contribution in [2.24, 2.45) is 22.7 Å². The molecule has 2 heteroatoms. The van der Waals surface area contributed by atoms with Crippen molar-refractivity contribution in [3.05, 3.63) is 0 Å². The Hall–Kier alpha value is -0.0800. The standard InChI is InChI=1S/C13H26N2/c1-9-6-14-7-10(9)8-15-11-12(2,3)13(11,4)5/h9-11,14-15H,6-8H2,1-5H3. The highest BCUT2D eigenvalue weighted by molar-refractivity contribution is 5.17. The monoisotopic (exact) mass is 210 g/mol. The summed E-state index contributed by atoms with van der Waals surface area (Å²) < 4.78 is 0. The molecule has 1 aliphatic carbocycles. The van der Waals surface area contributed by atoms with Crippen molar-refractivity contribution in [2.75, 3.05) is 19.6 Å². The Morgan fingerprint density at radius 1 is 1.13 bits per heavy atom. The largest absolute Gasteiger partial charge is 0.316 e. The Labute approximate surface area is 94.2 Å². The smallest absolute Gasteiger partial charge is 0.0181 e. The minimum absolute atomic E-state index is 0.474. The van der Waals surface area contributed by atoms with Gasteiger partial charge in [-0.3, -0.25) is 0 Å². The van der Waals surface area contributed by atoms with Crippen molar-refractivity contribution in [1.29, 1.82) is 0 Å². The summed E-state index contributed by atoms with van der Waals surface area (Å²) in [5, 5.41) is 7.24. The molecule has 1 heterocycles. The number of nitrogens with one attached hydrogen (secondary N) is 2. The predicted molar refractivity (Wildman–Crippen MR) is 64.9 cm³/mol. The van der Waals surface area contributed by atoms with Gasteiger partial charge < -0.3 is 10.6 Å². The third-order valence-corrected chi connectivity index (χ3v) is 5.28. The fourth-order valence-electron chi connectivity index (χ4n) is 3.11. The molecule has 2 fully saturated rings. The lowest BCUT2D eigenvalue weighted by Gasteiger charge is -2.15. The molecule has 2 rings (SSSR count). The van der Waals surface area contributed by atoms with Crippen LogP contribution in [0.5, 0.6) is 0 Å². The van der Waals surface area contributed by atoms with Crippen LogP contribution in [0.3, 0.4) is 0 Å². The van der Waals surface area contributed by atoms with E-state index in [4.69, 9.17) is 0 Å². The van der Waals surface area contributed by atoms with Gasteiger partial charge in [-0.2, -0.15) is 0 Å². The van der Waals surface area contributed by atoms with Crippen molar-refractivity contribution < 1.29 is 0 Å². The van der Waals surface area contributed by atoms with Gasteiger partial charge in [0.05, 0.1) is 0 Å². The Morgan fingerprint density at radius 2 is 1.73 bits per heavy atom. The predicted octanol–water partition coefficient (Wildman–Crippen LogP) is 1.87. The van der Waals surface area contributed by atoms with Gasteiger partial charge in [-0.1, -0.05) is 34.6 Å². The normalized spacial score (nSPS) is 38.2. The fraction of sp³-hybridized carbons (Fsp3) is 1.00. The van der Waals surface area contributed by atoms with E-state index >= 15 is 0 Å². The molecule has 0 aromatic rings. The van der Waals surface area contributed by atoms with E-state index < -0.39 is 0 Å². The first-order valence-electron chi connectivity index (χ1n) is 6.31. The molecular formula is C13H26N2. The Balaban J connectivity index is 1.81. The topological polar surface area (TPSA) is 24.1 Å². The quantitative estimate of drug-likeness (QED) is 0.743. The zero-order valence-electron chi connectivity index (χ0n) is 10.9. The highest BCUT2D eigenvalue weighted by Gasteiger charge is 2.64. The number of hydrogen-bond acceptors (Lipinski definition) is 2. The third kappa shape index (κ3) is 1.72. The summed E-state index contributed by atoms with van der Waals surface area (Å²) >= 11 is 0. The lowest BCUT2D eigenvalue weighted by atomic mass is 9.98. The van der Waals surface area contributed by atoms with Crippen LogP contribution < -0.4 is 10.6 Å². The summed E-state index contributed by atoms with van der Waals surface area (Å²) in [5.74, 6) is 1.67. The summed E-state index contributed by atoms with van der Waals surface area (Å²) in [5.41, 5.74) is 0.949. The van der Waals surface area contributed by atoms with Gasteiger partial charge in [0.1, 0.15) is 0 Å². The average Bonchev–Trinajstić information content (AvgIpc) is 2.49. The molecule has 2 aliphatic rings. The molecule has 88 valence electrons. The second-order valence-electron chi connectivity index (χ2n) is 6.68. The van der Waals surface area contributed by atoms with Gasteiger partial charge in [-0.25, -0.2) is 0 Å². The second-order valence-corrected chi connectivity index (χ2v) is 6.68. The van der Waals surface area contributed by atoms with Crippen LogP contribution in [0.25, 0.3) is 0 Å². The lowest BCUT2D eigenvalue weighted by molar-refractivity contribution is 0.402. The molecule has 0 aromatic heterocycles. The van der Waals surface area contributed by atoms with Gasteiger partial charge in [-0.15, -0.1) is 0 Å². The van der Waals surface area contributed by atoms with E-state index in [9.17, 15) is 0 Å². The van der Waals surface area contributed by atoms with E-state index in [0.717, 1.165) is 11.8 Å².